The number of hydrogen-bond acceptors (Lipinski definition) is 3. The molecule has 0 spiro atoms. The first-order chi connectivity index (χ1) is 11.6. The number of hydrogen-bond donors (Lipinski definition) is 1. The van der Waals surface area contributed by atoms with E-state index in [0.717, 1.165) is 22.9 Å². The summed E-state index contributed by atoms with van der Waals surface area (Å²) in [4.78, 5) is 24.1. The lowest BCUT2D eigenvalue weighted by Crippen LogP contribution is -2.33. The predicted molar refractivity (Wildman–Crippen MR) is 94.5 cm³/mol. The van der Waals surface area contributed by atoms with E-state index in [9.17, 15) is 9.59 Å². The van der Waals surface area contributed by atoms with Gasteiger partial charge in [0.05, 0.1) is 11.6 Å². The molecule has 0 heterocycles. The molecule has 0 aliphatic heterocycles. The minimum Gasteiger partial charge on any atom is -0.452 e. The minimum absolute atomic E-state index is 0.00918. The van der Waals surface area contributed by atoms with Crippen molar-refractivity contribution < 1.29 is 14.3 Å². The summed E-state index contributed by atoms with van der Waals surface area (Å²) in [5.41, 5.74) is 1.51. The number of carbonyl (C=O) groups is 2. The van der Waals surface area contributed by atoms with Gasteiger partial charge in [0, 0.05) is 4.47 Å². The first-order valence-electron chi connectivity index (χ1n) is 7.90. The fraction of sp³-hybridized carbons (Fsp3) is 0.263. The van der Waals surface area contributed by atoms with Crippen LogP contribution >= 0.6 is 15.9 Å². The molecule has 24 heavy (non-hydrogen) atoms. The molecule has 1 fully saturated rings. The predicted octanol–water partition coefficient (Wildman–Crippen LogP) is 3.87. The van der Waals surface area contributed by atoms with E-state index in [1.807, 2.05) is 30.3 Å². The van der Waals surface area contributed by atoms with Crippen LogP contribution in [0.5, 0.6) is 0 Å². The van der Waals surface area contributed by atoms with Crippen LogP contribution in [0, 0.1) is 5.92 Å². The Balaban J connectivity index is 1.54. The normalized spacial score (nSPS) is 14.7. The van der Waals surface area contributed by atoms with Crippen molar-refractivity contribution in [3.63, 3.8) is 0 Å². The van der Waals surface area contributed by atoms with E-state index >= 15 is 0 Å². The molecule has 1 saturated carbocycles. The molecule has 1 aliphatic rings. The van der Waals surface area contributed by atoms with Gasteiger partial charge in [-0.3, -0.25) is 4.79 Å². The monoisotopic (exact) mass is 387 g/mol. The molecule has 2 aromatic carbocycles. The zero-order valence-electron chi connectivity index (χ0n) is 13.1. The fourth-order valence-electron chi connectivity index (χ4n) is 2.58. The summed E-state index contributed by atoms with van der Waals surface area (Å²) in [5, 5.41) is 2.99. The molecule has 124 valence electrons. The molecular weight excluding hydrogens is 370 g/mol. The SMILES string of the molecule is O=C(COC(=O)c1ccc(Br)cc1)NC(c1ccccc1)C1CC1. The molecule has 1 aliphatic carbocycles. The average Bonchev–Trinajstić information content (AvgIpc) is 3.44. The number of carbonyl (C=O) groups excluding carboxylic acids is 2. The number of esters is 1. The van der Waals surface area contributed by atoms with E-state index in [-0.39, 0.29) is 18.6 Å². The van der Waals surface area contributed by atoms with E-state index in [1.165, 1.54) is 0 Å². The van der Waals surface area contributed by atoms with E-state index in [0.29, 0.717) is 11.5 Å². The Hall–Kier alpha value is -2.14. The highest BCUT2D eigenvalue weighted by Gasteiger charge is 2.33. The molecule has 1 atom stereocenters. The smallest absolute Gasteiger partial charge is 0.338 e. The summed E-state index contributed by atoms with van der Waals surface area (Å²) in [7, 11) is 0. The van der Waals surface area contributed by atoms with E-state index < -0.39 is 5.97 Å². The van der Waals surface area contributed by atoms with Crippen LogP contribution in [-0.4, -0.2) is 18.5 Å². The molecule has 3 rings (SSSR count). The topological polar surface area (TPSA) is 55.4 Å². The van der Waals surface area contributed by atoms with Crippen LogP contribution in [0.25, 0.3) is 0 Å². The van der Waals surface area contributed by atoms with Gasteiger partial charge in [-0.2, -0.15) is 0 Å². The Morgan fingerprint density at radius 3 is 2.38 bits per heavy atom. The third kappa shape index (κ3) is 4.45. The van der Waals surface area contributed by atoms with Gasteiger partial charge in [0.25, 0.3) is 5.91 Å². The van der Waals surface area contributed by atoms with E-state index in [4.69, 9.17) is 4.74 Å². The lowest BCUT2D eigenvalue weighted by atomic mass is 10.0. The summed E-state index contributed by atoms with van der Waals surface area (Å²) in [6.07, 6.45) is 2.22. The van der Waals surface area contributed by atoms with E-state index in [1.54, 1.807) is 24.3 Å². The number of ether oxygens (including phenoxy) is 1. The molecule has 4 nitrogen and oxygen atoms in total. The Labute approximate surface area is 149 Å². The Kier molecular flexibility index (Phi) is 5.30. The van der Waals surface area contributed by atoms with Crippen LogP contribution in [0.3, 0.4) is 0 Å². The molecule has 1 amide bonds. The van der Waals surface area contributed by atoms with Gasteiger partial charge in [-0.05, 0) is 48.6 Å². The maximum absolute atomic E-state index is 12.2. The van der Waals surface area contributed by atoms with Crippen LogP contribution in [0.4, 0.5) is 0 Å². The van der Waals surface area contributed by atoms with Gasteiger partial charge < -0.3 is 10.1 Å². The van der Waals surface area contributed by atoms with Crippen molar-refractivity contribution in [2.75, 3.05) is 6.61 Å². The molecule has 0 radical (unpaired) electrons. The summed E-state index contributed by atoms with van der Waals surface area (Å²) in [6, 6.07) is 16.7. The second kappa shape index (κ2) is 7.62. The van der Waals surface area contributed by atoms with Gasteiger partial charge >= 0.3 is 5.97 Å². The summed E-state index contributed by atoms with van der Waals surface area (Å²) >= 11 is 3.31. The lowest BCUT2D eigenvalue weighted by molar-refractivity contribution is -0.125. The van der Waals surface area contributed by atoms with Gasteiger partial charge in [-0.25, -0.2) is 4.79 Å². The van der Waals surface area contributed by atoms with E-state index in [2.05, 4.69) is 21.2 Å². The van der Waals surface area contributed by atoms with Crippen molar-refractivity contribution in [2.24, 2.45) is 5.92 Å². The van der Waals surface area contributed by atoms with Gasteiger partial charge in [-0.1, -0.05) is 46.3 Å². The first kappa shape index (κ1) is 16.7. The molecule has 1 N–H and O–H groups in total. The minimum atomic E-state index is -0.500. The number of benzene rings is 2. The van der Waals surface area contributed by atoms with Crippen molar-refractivity contribution in [3.05, 3.63) is 70.2 Å². The van der Waals surface area contributed by atoms with Gasteiger partial charge in [0.1, 0.15) is 0 Å². The van der Waals surface area contributed by atoms with Crippen molar-refractivity contribution in [3.8, 4) is 0 Å². The third-order valence-corrected chi connectivity index (χ3v) is 4.51. The number of rotatable bonds is 6. The standard InChI is InChI=1S/C19H18BrNO3/c20-16-10-8-15(9-11-16)19(23)24-12-17(22)21-18(14-6-7-14)13-4-2-1-3-5-13/h1-5,8-11,14,18H,6-7,12H2,(H,21,22). The van der Waals surface area contributed by atoms with Crippen LogP contribution < -0.4 is 5.32 Å². The maximum Gasteiger partial charge on any atom is 0.338 e. The Morgan fingerprint density at radius 1 is 1.08 bits per heavy atom. The molecule has 2 aromatic rings. The molecule has 1 unspecified atom stereocenters. The van der Waals surface area contributed by atoms with Crippen molar-refractivity contribution >= 4 is 27.8 Å². The zero-order chi connectivity index (χ0) is 16.9. The largest absolute Gasteiger partial charge is 0.452 e. The Bertz CT molecular complexity index is 711. The number of amides is 1. The molecule has 5 heteroatoms. The van der Waals surface area contributed by atoms with Crippen LogP contribution in [0.2, 0.25) is 0 Å². The fourth-order valence-corrected chi connectivity index (χ4v) is 2.84. The maximum atomic E-state index is 12.2. The van der Waals surface area contributed by atoms with Crippen LogP contribution in [0.1, 0.15) is 34.8 Å². The summed E-state index contributed by atoms with van der Waals surface area (Å²) in [6.45, 7) is -0.273. The first-order valence-corrected chi connectivity index (χ1v) is 8.70. The van der Waals surface area contributed by atoms with Gasteiger partial charge in [0.2, 0.25) is 0 Å². The molecule has 0 bridgehead atoms. The molecule has 0 saturated heterocycles. The Morgan fingerprint density at radius 2 is 1.75 bits per heavy atom. The van der Waals surface area contributed by atoms with Crippen molar-refractivity contribution in [2.45, 2.75) is 18.9 Å². The summed E-state index contributed by atoms with van der Waals surface area (Å²) in [5.74, 6) is -0.305. The quantitative estimate of drug-likeness (QED) is 0.765. The highest BCUT2D eigenvalue weighted by atomic mass is 79.9. The lowest BCUT2D eigenvalue weighted by Gasteiger charge is -2.18. The van der Waals surface area contributed by atoms with Gasteiger partial charge in [0.15, 0.2) is 6.61 Å². The highest BCUT2D eigenvalue weighted by molar-refractivity contribution is 9.10. The number of nitrogens with one attached hydrogen (secondary N) is 1. The molecule has 0 aromatic heterocycles. The average molecular weight is 388 g/mol. The number of halogens is 1. The zero-order valence-corrected chi connectivity index (χ0v) is 14.7. The second-order valence-electron chi connectivity index (χ2n) is 5.88. The van der Waals surface area contributed by atoms with Crippen LogP contribution in [-0.2, 0) is 9.53 Å². The molecular formula is C19H18BrNO3. The van der Waals surface area contributed by atoms with Crippen LogP contribution in [0.15, 0.2) is 59.1 Å². The summed E-state index contributed by atoms with van der Waals surface area (Å²) < 4.78 is 5.98. The third-order valence-electron chi connectivity index (χ3n) is 3.98. The van der Waals surface area contributed by atoms with Crippen molar-refractivity contribution in [1.82, 2.24) is 5.32 Å². The highest BCUT2D eigenvalue weighted by Crippen LogP contribution is 2.40. The second-order valence-corrected chi connectivity index (χ2v) is 6.79. The van der Waals surface area contributed by atoms with Gasteiger partial charge in [-0.15, -0.1) is 0 Å². The van der Waals surface area contributed by atoms with Crippen molar-refractivity contribution in [1.29, 1.82) is 0 Å².